The van der Waals surface area contributed by atoms with Crippen LogP contribution in [0.1, 0.15) is 0 Å². The number of cyclic esters (lactones) is 1. The first kappa shape index (κ1) is 18.1. The fourth-order valence-electron chi connectivity index (χ4n) is 3.10. The molecule has 1 aliphatic rings. The van der Waals surface area contributed by atoms with E-state index in [0.29, 0.717) is 35.6 Å². The molecule has 3 aromatic rings. The molecule has 2 aromatic carbocycles. The lowest BCUT2D eigenvalue weighted by Crippen LogP contribution is -2.34. The van der Waals surface area contributed by atoms with Gasteiger partial charge in [-0.1, -0.05) is 12.1 Å². The van der Waals surface area contributed by atoms with Gasteiger partial charge in [0.1, 0.15) is 6.10 Å². The number of benzene rings is 2. The number of ether oxygens (including phenoxy) is 2. The zero-order valence-corrected chi connectivity index (χ0v) is 15.8. The molecule has 4 rings (SSSR count). The Morgan fingerprint density at radius 1 is 1.18 bits per heavy atom. The Bertz CT molecular complexity index is 1090. The molecular formula is C19H17N3O5S. The maximum absolute atomic E-state index is 12.2. The van der Waals surface area contributed by atoms with Crippen LogP contribution in [0.2, 0.25) is 0 Å². The van der Waals surface area contributed by atoms with Crippen LogP contribution in [0.3, 0.4) is 0 Å². The number of methoxy groups -OCH3 is 1. The maximum Gasteiger partial charge on any atom is 0.424 e. The third kappa shape index (κ3) is 3.31. The number of carbonyl (C=O) groups is 1. The van der Waals surface area contributed by atoms with Crippen molar-refractivity contribution in [3.05, 3.63) is 59.1 Å². The van der Waals surface area contributed by atoms with Crippen LogP contribution < -0.4 is 16.0 Å². The molecule has 0 bridgehead atoms. The van der Waals surface area contributed by atoms with Crippen molar-refractivity contribution in [3.63, 3.8) is 0 Å². The molecule has 0 spiro atoms. The summed E-state index contributed by atoms with van der Waals surface area (Å²) in [6, 6.07) is 14.3. The Kier molecular flexibility index (Phi) is 4.74. The zero-order chi connectivity index (χ0) is 19.7. The number of carbonyl (C=O) groups excluding carboxylic acids is 1. The minimum Gasteiger partial charge on any atom is -0.474 e. The molecule has 144 valence electrons. The standard InChI is InChI=1S/C19H17N3O5S/c1-25-17(28)20-10-14-11-21(18(23)26-14)12-6-8-13(9-7-12)22-15-4-2-3-5-16(15)27-19(22)24/h2-9,14H,10-11H2,1H3,(H,20,28)/t14-/m0/s1. The molecule has 0 unspecified atom stereocenters. The van der Waals surface area contributed by atoms with E-state index in [1.165, 1.54) is 16.6 Å². The van der Waals surface area contributed by atoms with Gasteiger partial charge in [0.25, 0.3) is 5.17 Å². The summed E-state index contributed by atoms with van der Waals surface area (Å²) in [7, 11) is 1.47. The van der Waals surface area contributed by atoms with Gasteiger partial charge in [-0.3, -0.25) is 4.90 Å². The van der Waals surface area contributed by atoms with Crippen LogP contribution in [-0.4, -0.2) is 42.1 Å². The van der Waals surface area contributed by atoms with Crippen LogP contribution in [0.25, 0.3) is 16.8 Å². The quantitative estimate of drug-likeness (QED) is 0.675. The largest absolute Gasteiger partial charge is 0.474 e. The molecule has 9 heteroatoms. The van der Waals surface area contributed by atoms with Crippen molar-refractivity contribution < 1.29 is 18.7 Å². The molecule has 1 saturated heterocycles. The first-order chi connectivity index (χ1) is 13.6. The topological polar surface area (TPSA) is 85.9 Å². The number of nitrogens with zero attached hydrogens (tertiary/aromatic N) is 2. The zero-order valence-electron chi connectivity index (χ0n) is 15.0. The smallest absolute Gasteiger partial charge is 0.424 e. The second-order valence-corrected chi connectivity index (χ2v) is 6.55. The number of anilines is 1. The molecule has 1 fully saturated rings. The number of fused-ring (bicyclic) bond motifs is 1. The Labute approximate surface area is 165 Å². The number of aromatic nitrogens is 1. The summed E-state index contributed by atoms with van der Waals surface area (Å²) in [5.74, 6) is -0.463. The van der Waals surface area contributed by atoms with E-state index >= 15 is 0 Å². The average Bonchev–Trinajstić information content (AvgIpc) is 3.25. The Hall–Kier alpha value is -3.33. The summed E-state index contributed by atoms with van der Waals surface area (Å²) in [5.41, 5.74) is 2.52. The van der Waals surface area contributed by atoms with Gasteiger partial charge in [0, 0.05) is 5.69 Å². The van der Waals surface area contributed by atoms with Crippen molar-refractivity contribution >= 4 is 40.3 Å². The maximum atomic E-state index is 12.2. The molecule has 28 heavy (non-hydrogen) atoms. The first-order valence-corrected chi connectivity index (χ1v) is 8.98. The molecule has 2 heterocycles. The highest BCUT2D eigenvalue weighted by atomic mass is 32.1. The SMILES string of the molecule is COC(=S)NC[C@H]1CN(c2ccc(-n3c(=O)oc4ccccc43)cc2)C(=O)O1. The third-order valence-corrected chi connectivity index (χ3v) is 4.75. The van der Waals surface area contributed by atoms with Crippen LogP contribution in [0.4, 0.5) is 10.5 Å². The number of hydrogen-bond donors (Lipinski definition) is 1. The van der Waals surface area contributed by atoms with Crippen LogP contribution in [0, 0.1) is 0 Å². The summed E-state index contributed by atoms with van der Waals surface area (Å²) < 4.78 is 17.0. The van der Waals surface area contributed by atoms with Gasteiger partial charge in [0.2, 0.25) is 0 Å². The fourth-order valence-corrected chi connectivity index (χ4v) is 3.18. The Balaban J connectivity index is 1.53. The van der Waals surface area contributed by atoms with Crippen molar-refractivity contribution in [2.24, 2.45) is 0 Å². The van der Waals surface area contributed by atoms with E-state index in [1.807, 2.05) is 18.2 Å². The highest BCUT2D eigenvalue weighted by Crippen LogP contribution is 2.24. The molecule has 1 aliphatic heterocycles. The Morgan fingerprint density at radius 3 is 2.64 bits per heavy atom. The van der Waals surface area contributed by atoms with E-state index in [4.69, 9.17) is 26.1 Å². The number of oxazole rings is 1. The minimum atomic E-state index is -0.463. The molecular weight excluding hydrogens is 382 g/mol. The molecule has 8 nitrogen and oxygen atoms in total. The summed E-state index contributed by atoms with van der Waals surface area (Å²) in [6.07, 6.45) is -0.783. The highest BCUT2D eigenvalue weighted by Gasteiger charge is 2.32. The minimum absolute atomic E-state index is 0.247. The van der Waals surface area contributed by atoms with Gasteiger partial charge in [-0.25, -0.2) is 14.2 Å². The van der Waals surface area contributed by atoms with Gasteiger partial charge in [-0.05, 0) is 48.6 Å². The summed E-state index contributed by atoms with van der Waals surface area (Å²) in [6.45, 7) is 0.746. The van der Waals surface area contributed by atoms with Gasteiger partial charge in [0.05, 0.1) is 31.4 Å². The molecule has 0 aliphatic carbocycles. The summed E-state index contributed by atoms with van der Waals surface area (Å²) >= 11 is 4.92. The third-order valence-electron chi connectivity index (χ3n) is 4.44. The Morgan fingerprint density at radius 2 is 1.89 bits per heavy atom. The second-order valence-electron chi connectivity index (χ2n) is 6.18. The van der Waals surface area contributed by atoms with Crippen LogP contribution >= 0.6 is 12.2 Å². The lowest BCUT2D eigenvalue weighted by atomic mass is 10.2. The normalized spacial score (nSPS) is 16.2. The molecule has 1 N–H and O–H groups in total. The van der Waals surface area contributed by atoms with Crippen molar-refractivity contribution in [3.8, 4) is 5.69 Å². The molecule has 0 radical (unpaired) electrons. The van der Waals surface area contributed by atoms with E-state index in [-0.39, 0.29) is 11.3 Å². The van der Waals surface area contributed by atoms with E-state index in [9.17, 15) is 9.59 Å². The number of para-hydroxylation sites is 2. The van der Waals surface area contributed by atoms with Gasteiger partial charge >= 0.3 is 11.8 Å². The fraction of sp³-hybridized carbons (Fsp3) is 0.211. The van der Waals surface area contributed by atoms with Crippen LogP contribution in [0.15, 0.2) is 57.7 Å². The predicted molar refractivity (Wildman–Crippen MR) is 107 cm³/mol. The predicted octanol–water partition coefficient (Wildman–Crippen LogP) is 2.43. The molecule has 0 saturated carbocycles. The number of thiocarbonyl (C=S) groups is 1. The van der Waals surface area contributed by atoms with Crippen molar-refractivity contribution in [2.45, 2.75) is 6.10 Å². The molecule has 1 atom stereocenters. The van der Waals surface area contributed by atoms with E-state index in [1.54, 1.807) is 30.3 Å². The van der Waals surface area contributed by atoms with Gasteiger partial charge < -0.3 is 19.2 Å². The number of hydrogen-bond acceptors (Lipinski definition) is 6. The monoisotopic (exact) mass is 399 g/mol. The second kappa shape index (κ2) is 7.35. The van der Waals surface area contributed by atoms with Crippen LogP contribution in [-0.2, 0) is 9.47 Å². The highest BCUT2D eigenvalue weighted by molar-refractivity contribution is 7.80. The number of amides is 1. The van der Waals surface area contributed by atoms with E-state index in [2.05, 4.69) is 5.32 Å². The number of rotatable bonds is 4. The van der Waals surface area contributed by atoms with Crippen molar-refractivity contribution in [1.29, 1.82) is 0 Å². The van der Waals surface area contributed by atoms with Crippen molar-refractivity contribution in [1.82, 2.24) is 9.88 Å². The van der Waals surface area contributed by atoms with Gasteiger partial charge in [0.15, 0.2) is 5.58 Å². The first-order valence-electron chi connectivity index (χ1n) is 8.58. The summed E-state index contributed by atoms with van der Waals surface area (Å²) in [5, 5.41) is 3.12. The van der Waals surface area contributed by atoms with Gasteiger partial charge in [-0.15, -0.1) is 0 Å². The van der Waals surface area contributed by atoms with Gasteiger partial charge in [-0.2, -0.15) is 0 Å². The lowest BCUT2D eigenvalue weighted by molar-refractivity contribution is 0.142. The van der Waals surface area contributed by atoms with Crippen LogP contribution in [0.5, 0.6) is 0 Å². The van der Waals surface area contributed by atoms with Crippen molar-refractivity contribution in [2.75, 3.05) is 25.1 Å². The molecule has 1 amide bonds. The number of nitrogens with one attached hydrogen (secondary N) is 1. The molecule has 1 aromatic heterocycles. The average molecular weight is 399 g/mol. The van der Waals surface area contributed by atoms with E-state index < -0.39 is 11.8 Å². The lowest BCUT2D eigenvalue weighted by Gasteiger charge is -2.14. The summed E-state index contributed by atoms with van der Waals surface area (Å²) in [4.78, 5) is 25.9. The van der Waals surface area contributed by atoms with E-state index in [0.717, 1.165) is 0 Å².